The number of rotatable bonds is 5. The largest absolute Gasteiger partial charge is 0.507 e. The number of pyridine rings is 1. The zero-order valence-electron chi connectivity index (χ0n) is 17.6. The second-order valence-corrected chi connectivity index (χ2v) is 7.55. The van der Waals surface area contributed by atoms with Crippen molar-refractivity contribution in [3.63, 3.8) is 0 Å². The lowest BCUT2D eigenvalue weighted by molar-refractivity contribution is -0.140. The van der Waals surface area contributed by atoms with Gasteiger partial charge in [-0.15, -0.1) is 0 Å². The average molecular weight is 432 g/mol. The van der Waals surface area contributed by atoms with Gasteiger partial charge >= 0.3 is 0 Å². The van der Waals surface area contributed by atoms with Gasteiger partial charge in [-0.05, 0) is 42.3 Å². The lowest BCUT2D eigenvalue weighted by atomic mass is 9.94. The lowest BCUT2D eigenvalue weighted by Crippen LogP contribution is -2.29. The number of benzene rings is 2. The predicted molar refractivity (Wildman–Crippen MR) is 116 cm³/mol. The zero-order valence-corrected chi connectivity index (χ0v) is 17.6. The van der Waals surface area contributed by atoms with Crippen LogP contribution in [0.1, 0.15) is 28.3 Å². The summed E-state index contributed by atoms with van der Waals surface area (Å²) in [5.74, 6) is -2.69. The predicted octanol–water partition coefficient (Wildman–Crippen LogP) is 4.16. The first kappa shape index (κ1) is 21.2. The van der Waals surface area contributed by atoms with Crippen LogP contribution in [0.25, 0.3) is 5.76 Å². The van der Waals surface area contributed by atoms with Crippen molar-refractivity contribution < 1.29 is 23.8 Å². The van der Waals surface area contributed by atoms with Gasteiger partial charge in [-0.2, -0.15) is 0 Å². The van der Waals surface area contributed by atoms with E-state index in [1.807, 2.05) is 31.2 Å². The minimum Gasteiger partial charge on any atom is -0.507 e. The van der Waals surface area contributed by atoms with E-state index < -0.39 is 29.3 Å². The third-order valence-electron chi connectivity index (χ3n) is 5.43. The smallest absolute Gasteiger partial charge is 0.295 e. The summed E-state index contributed by atoms with van der Waals surface area (Å²) in [6.07, 6.45) is 3.23. The van der Waals surface area contributed by atoms with Crippen LogP contribution in [0.3, 0.4) is 0 Å². The Morgan fingerprint density at radius 1 is 1.16 bits per heavy atom. The van der Waals surface area contributed by atoms with Gasteiger partial charge in [0.2, 0.25) is 0 Å². The molecule has 1 fully saturated rings. The first-order valence-corrected chi connectivity index (χ1v) is 9.98. The number of nitrogens with zero attached hydrogens (tertiary/aromatic N) is 2. The van der Waals surface area contributed by atoms with Gasteiger partial charge in [0.05, 0.1) is 18.7 Å². The van der Waals surface area contributed by atoms with Crippen molar-refractivity contribution >= 4 is 17.4 Å². The SMILES string of the molecule is COc1ccc(/C(O)=C2\C(=O)C(=O)N(Cc3cccnc3)C2c2ccc(C)cc2)cc1F. The van der Waals surface area contributed by atoms with Gasteiger partial charge in [-0.1, -0.05) is 35.9 Å². The number of amides is 1. The summed E-state index contributed by atoms with van der Waals surface area (Å²) in [5.41, 5.74) is 2.40. The van der Waals surface area contributed by atoms with E-state index in [9.17, 15) is 19.1 Å². The van der Waals surface area contributed by atoms with Gasteiger partial charge in [0, 0.05) is 24.5 Å². The van der Waals surface area contributed by atoms with E-state index in [0.717, 1.165) is 17.2 Å². The fourth-order valence-electron chi connectivity index (χ4n) is 3.80. The Morgan fingerprint density at radius 3 is 2.53 bits per heavy atom. The summed E-state index contributed by atoms with van der Waals surface area (Å²) in [6.45, 7) is 2.06. The number of ether oxygens (including phenoxy) is 1. The van der Waals surface area contributed by atoms with Crippen LogP contribution in [0.5, 0.6) is 5.75 Å². The van der Waals surface area contributed by atoms with Gasteiger partial charge in [-0.3, -0.25) is 14.6 Å². The molecule has 1 atom stereocenters. The highest BCUT2D eigenvalue weighted by atomic mass is 19.1. The summed E-state index contributed by atoms with van der Waals surface area (Å²) in [7, 11) is 1.33. The molecule has 32 heavy (non-hydrogen) atoms. The van der Waals surface area contributed by atoms with E-state index in [4.69, 9.17) is 4.74 Å². The van der Waals surface area contributed by atoms with Crippen LogP contribution in [0.15, 0.2) is 72.6 Å². The molecular formula is C25H21FN2O4. The first-order chi connectivity index (χ1) is 15.4. The van der Waals surface area contributed by atoms with Gasteiger partial charge in [-0.25, -0.2) is 4.39 Å². The van der Waals surface area contributed by atoms with E-state index in [1.165, 1.54) is 24.1 Å². The lowest BCUT2D eigenvalue weighted by Gasteiger charge is -2.25. The highest BCUT2D eigenvalue weighted by Gasteiger charge is 2.46. The standard InChI is InChI=1S/C25H21FN2O4/c1-15-5-7-17(8-6-15)22-21(23(29)18-9-10-20(32-2)19(26)12-18)24(30)25(31)28(22)14-16-4-3-11-27-13-16/h3-13,22,29H,14H2,1-2H3/b23-21+. The molecule has 1 aliphatic rings. The molecule has 1 aromatic heterocycles. The molecule has 6 nitrogen and oxygen atoms in total. The second-order valence-electron chi connectivity index (χ2n) is 7.55. The highest BCUT2D eigenvalue weighted by molar-refractivity contribution is 6.46. The number of carbonyl (C=O) groups excluding carboxylic acids is 2. The molecule has 1 aliphatic heterocycles. The Morgan fingerprint density at radius 2 is 1.91 bits per heavy atom. The molecular weight excluding hydrogens is 411 g/mol. The Labute approximate surface area is 184 Å². The maximum absolute atomic E-state index is 14.3. The van der Waals surface area contributed by atoms with E-state index in [2.05, 4.69) is 4.98 Å². The van der Waals surface area contributed by atoms with E-state index in [1.54, 1.807) is 24.5 Å². The maximum Gasteiger partial charge on any atom is 0.295 e. The third kappa shape index (κ3) is 3.85. The zero-order chi connectivity index (χ0) is 22.8. The normalized spacial score (nSPS) is 17.6. The quantitative estimate of drug-likeness (QED) is 0.372. The average Bonchev–Trinajstić information content (AvgIpc) is 3.04. The third-order valence-corrected chi connectivity index (χ3v) is 5.43. The van der Waals surface area contributed by atoms with Crippen LogP contribution in [0, 0.1) is 12.7 Å². The molecule has 162 valence electrons. The molecule has 1 amide bonds. The molecule has 7 heteroatoms. The van der Waals surface area contributed by atoms with Crippen LogP contribution in [-0.2, 0) is 16.1 Å². The van der Waals surface area contributed by atoms with Crippen LogP contribution in [-0.4, -0.2) is 33.8 Å². The summed E-state index contributed by atoms with van der Waals surface area (Å²) in [5, 5.41) is 11.0. The summed E-state index contributed by atoms with van der Waals surface area (Å²) in [6, 6.07) is 13.9. The molecule has 0 radical (unpaired) electrons. The van der Waals surface area contributed by atoms with Crippen LogP contribution in [0.2, 0.25) is 0 Å². The van der Waals surface area contributed by atoms with Crippen LogP contribution in [0.4, 0.5) is 4.39 Å². The number of hydrogen-bond acceptors (Lipinski definition) is 5. The van der Waals surface area contributed by atoms with Crippen molar-refractivity contribution in [2.45, 2.75) is 19.5 Å². The van der Waals surface area contributed by atoms with E-state index in [0.29, 0.717) is 5.56 Å². The molecule has 0 spiro atoms. The Kier molecular flexibility index (Phi) is 5.73. The summed E-state index contributed by atoms with van der Waals surface area (Å²) in [4.78, 5) is 31.5. The van der Waals surface area contributed by atoms with Crippen molar-refractivity contribution in [3.8, 4) is 5.75 Å². The molecule has 3 aromatic rings. The number of aliphatic hydroxyl groups is 1. The van der Waals surface area contributed by atoms with Gasteiger partial charge in [0.25, 0.3) is 11.7 Å². The minimum absolute atomic E-state index is 0.00802. The molecule has 0 aliphatic carbocycles. The Balaban J connectivity index is 1.86. The van der Waals surface area contributed by atoms with Crippen molar-refractivity contribution in [3.05, 3.63) is 101 Å². The molecule has 2 heterocycles. The van der Waals surface area contributed by atoms with Gasteiger partial charge in [0.1, 0.15) is 5.76 Å². The molecule has 1 N–H and O–H groups in total. The van der Waals surface area contributed by atoms with Crippen molar-refractivity contribution in [2.75, 3.05) is 7.11 Å². The molecule has 0 bridgehead atoms. The number of carbonyl (C=O) groups is 2. The first-order valence-electron chi connectivity index (χ1n) is 9.98. The second kappa shape index (κ2) is 8.63. The molecule has 4 rings (SSSR count). The van der Waals surface area contributed by atoms with Gasteiger partial charge in [0.15, 0.2) is 11.6 Å². The number of ketones is 1. The van der Waals surface area contributed by atoms with Crippen LogP contribution < -0.4 is 4.74 Å². The molecule has 0 saturated carbocycles. The number of aromatic nitrogens is 1. The fraction of sp³-hybridized carbons (Fsp3) is 0.160. The number of Topliss-reactive ketones (excluding diaryl/α,β-unsaturated/α-hetero) is 1. The maximum atomic E-state index is 14.3. The van der Waals surface area contributed by atoms with Crippen molar-refractivity contribution in [1.29, 1.82) is 0 Å². The van der Waals surface area contributed by atoms with E-state index >= 15 is 0 Å². The fourth-order valence-corrected chi connectivity index (χ4v) is 3.80. The Bertz CT molecular complexity index is 1210. The summed E-state index contributed by atoms with van der Waals surface area (Å²) >= 11 is 0. The van der Waals surface area contributed by atoms with Crippen LogP contribution >= 0.6 is 0 Å². The topological polar surface area (TPSA) is 79.7 Å². The van der Waals surface area contributed by atoms with Crippen molar-refractivity contribution in [2.24, 2.45) is 0 Å². The molecule has 1 unspecified atom stereocenters. The minimum atomic E-state index is -0.832. The number of hydrogen-bond donors (Lipinski definition) is 1. The highest BCUT2D eigenvalue weighted by Crippen LogP contribution is 2.40. The Hall–Kier alpha value is -4.00. The van der Waals surface area contributed by atoms with Crippen molar-refractivity contribution in [1.82, 2.24) is 9.88 Å². The number of halogens is 1. The van der Waals surface area contributed by atoms with Gasteiger partial charge < -0.3 is 14.7 Å². The summed E-state index contributed by atoms with van der Waals surface area (Å²) < 4.78 is 19.2. The number of likely N-dealkylation sites (tertiary alicyclic amines) is 1. The number of aliphatic hydroxyl groups excluding tert-OH is 1. The molecule has 2 aromatic carbocycles. The number of methoxy groups -OCH3 is 1. The molecule has 1 saturated heterocycles. The number of aryl methyl sites for hydroxylation is 1. The van der Waals surface area contributed by atoms with E-state index in [-0.39, 0.29) is 23.4 Å². The monoisotopic (exact) mass is 432 g/mol.